The summed E-state index contributed by atoms with van der Waals surface area (Å²) in [5, 5.41) is 5.14. The predicted octanol–water partition coefficient (Wildman–Crippen LogP) is -2.20. The van der Waals surface area contributed by atoms with Crippen molar-refractivity contribution in [2.75, 3.05) is 6.54 Å². The number of amides is 4. The summed E-state index contributed by atoms with van der Waals surface area (Å²) in [6, 6.07) is -2.16. The van der Waals surface area contributed by atoms with Gasteiger partial charge in [0.15, 0.2) is 0 Å². The van der Waals surface area contributed by atoms with E-state index in [0.29, 0.717) is 25.1 Å². The molecule has 0 radical (unpaired) electrons. The third-order valence-corrected chi connectivity index (χ3v) is 4.50. The van der Waals surface area contributed by atoms with Crippen molar-refractivity contribution < 1.29 is 19.2 Å². The van der Waals surface area contributed by atoms with Gasteiger partial charge in [0, 0.05) is 24.9 Å². The van der Waals surface area contributed by atoms with E-state index in [-0.39, 0.29) is 24.7 Å². The molecule has 0 spiro atoms. The Hall–Kier alpha value is -2.91. The van der Waals surface area contributed by atoms with Gasteiger partial charge in [0.25, 0.3) is 0 Å². The fraction of sp³-hybridized carbons (Fsp3) is 0.533. The van der Waals surface area contributed by atoms with E-state index in [0.717, 1.165) is 0 Å². The fourth-order valence-corrected chi connectivity index (χ4v) is 3.13. The van der Waals surface area contributed by atoms with Crippen LogP contribution in [-0.2, 0) is 25.6 Å². The van der Waals surface area contributed by atoms with Gasteiger partial charge in [0.1, 0.15) is 18.1 Å². The van der Waals surface area contributed by atoms with Gasteiger partial charge in [-0.25, -0.2) is 4.98 Å². The molecule has 5 N–H and O–H groups in total. The van der Waals surface area contributed by atoms with Crippen LogP contribution in [0, 0.1) is 0 Å². The number of nitrogens with zero attached hydrogens (tertiary/aromatic N) is 2. The summed E-state index contributed by atoms with van der Waals surface area (Å²) in [6.07, 6.45) is 4.55. The fourth-order valence-electron chi connectivity index (χ4n) is 3.13. The molecule has 3 heterocycles. The summed E-state index contributed by atoms with van der Waals surface area (Å²) in [5.74, 6) is -1.55. The summed E-state index contributed by atoms with van der Waals surface area (Å²) in [5.41, 5.74) is 6.05. The Morgan fingerprint density at radius 2 is 2.20 bits per heavy atom. The molecule has 0 unspecified atom stereocenters. The molecule has 134 valence electrons. The molecule has 0 aromatic carbocycles. The zero-order chi connectivity index (χ0) is 18.0. The molecule has 0 bridgehead atoms. The smallest absolute Gasteiger partial charge is 0.246 e. The molecular formula is C15H20N6O4. The minimum absolute atomic E-state index is 0.102. The lowest BCUT2D eigenvalue weighted by atomic mass is 10.0. The highest BCUT2D eigenvalue weighted by Gasteiger charge is 2.39. The van der Waals surface area contributed by atoms with E-state index in [1.165, 1.54) is 11.2 Å². The number of nitrogens with one attached hydrogen (secondary N) is 3. The molecule has 2 saturated heterocycles. The van der Waals surface area contributed by atoms with Crippen LogP contribution in [0.15, 0.2) is 12.5 Å². The molecule has 10 nitrogen and oxygen atoms in total. The van der Waals surface area contributed by atoms with Gasteiger partial charge in [0.2, 0.25) is 23.6 Å². The van der Waals surface area contributed by atoms with Crippen LogP contribution in [0.1, 0.15) is 25.0 Å². The van der Waals surface area contributed by atoms with E-state index in [2.05, 4.69) is 20.6 Å². The van der Waals surface area contributed by atoms with Crippen LogP contribution in [-0.4, -0.2) is 63.2 Å². The van der Waals surface area contributed by atoms with Gasteiger partial charge < -0.3 is 26.3 Å². The highest BCUT2D eigenvalue weighted by molar-refractivity contribution is 5.99. The Morgan fingerprint density at radius 3 is 2.80 bits per heavy atom. The van der Waals surface area contributed by atoms with E-state index < -0.39 is 29.9 Å². The zero-order valence-corrected chi connectivity index (χ0v) is 13.5. The Balaban J connectivity index is 1.73. The number of hydrogen-bond acceptors (Lipinski definition) is 5. The molecule has 2 aliphatic rings. The second-order valence-electron chi connectivity index (χ2n) is 6.26. The predicted molar refractivity (Wildman–Crippen MR) is 84.7 cm³/mol. The Kier molecular flexibility index (Phi) is 4.68. The molecule has 0 aliphatic carbocycles. The van der Waals surface area contributed by atoms with E-state index in [9.17, 15) is 19.2 Å². The second-order valence-corrected chi connectivity index (χ2v) is 6.26. The minimum atomic E-state index is -0.870. The van der Waals surface area contributed by atoms with Gasteiger partial charge >= 0.3 is 0 Å². The normalized spacial score (nSPS) is 23.5. The van der Waals surface area contributed by atoms with Crippen LogP contribution in [0.3, 0.4) is 0 Å². The van der Waals surface area contributed by atoms with Crippen LogP contribution in [0.4, 0.5) is 0 Å². The first kappa shape index (κ1) is 16.9. The van der Waals surface area contributed by atoms with Crippen molar-refractivity contribution in [2.45, 2.75) is 43.8 Å². The average molecular weight is 348 g/mol. The molecule has 25 heavy (non-hydrogen) atoms. The van der Waals surface area contributed by atoms with Crippen molar-refractivity contribution in [2.24, 2.45) is 5.73 Å². The number of imidazole rings is 1. The van der Waals surface area contributed by atoms with Crippen LogP contribution >= 0.6 is 0 Å². The van der Waals surface area contributed by atoms with Crippen LogP contribution < -0.4 is 16.4 Å². The molecule has 3 rings (SSSR count). The van der Waals surface area contributed by atoms with Crippen LogP contribution in [0.25, 0.3) is 0 Å². The molecule has 0 saturated carbocycles. The number of carbonyl (C=O) groups excluding carboxylic acids is 4. The van der Waals surface area contributed by atoms with Crippen LogP contribution in [0.2, 0.25) is 0 Å². The van der Waals surface area contributed by atoms with Crippen molar-refractivity contribution in [1.82, 2.24) is 25.5 Å². The Labute approximate surface area is 143 Å². The maximum Gasteiger partial charge on any atom is 0.246 e. The van der Waals surface area contributed by atoms with E-state index in [4.69, 9.17) is 5.73 Å². The van der Waals surface area contributed by atoms with E-state index in [1.54, 1.807) is 6.20 Å². The Bertz CT molecular complexity index is 680. The number of likely N-dealkylation sites (tertiary alicyclic amines) is 1. The van der Waals surface area contributed by atoms with Gasteiger partial charge in [-0.3, -0.25) is 19.2 Å². The average Bonchev–Trinajstić information content (AvgIpc) is 3.21. The summed E-state index contributed by atoms with van der Waals surface area (Å²) < 4.78 is 0. The number of nitrogens with two attached hydrogens (primary N) is 1. The minimum Gasteiger partial charge on any atom is -0.368 e. The molecule has 2 fully saturated rings. The topological polar surface area (TPSA) is 150 Å². The number of rotatable bonds is 6. The van der Waals surface area contributed by atoms with E-state index >= 15 is 0 Å². The number of aromatic amines is 1. The van der Waals surface area contributed by atoms with Gasteiger partial charge in [-0.2, -0.15) is 0 Å². The van der Waals surface area contributed by atoms with Crippen molar-refractivity contribution >= 4 is 23.6 Å². The first-order valence-electron chi connectivity index (χ1n) is 8.12. The molecule has 3 atom stereocenters. The third kappa shape index (κ3) is 3.62. The molecule has 1 aromatic heterocycles. The van der Waals surface area contributed by atoms with Crippen molar-refractivity contribution in [1.29, 1.82) is 0 Å². The largest absolute Gasteiger partial charge is 0.368 e. The standard InChI is InChI=1S/C15H20N6O4/c16-13(23)11-2-1-3-21(11)15(25)10(4-8-6-17-7-18-8)20-14(24)9-5-12(22)19-9/h6-7,9-11H,1-5H2,(H2,16,23)(H,17,18)(H,19,22)(H,20,24)/t9-,10-,11-/m0/s1. The highest BCUT2D eigenvalue weighted by atomic mass is 16.2. The lowest BCUT2D eigenvalue weighted by Gasteiger charge is -2.31. The van der Waals surface area contributed by atoms with Crippen LogP contribution in [0.5, 0.6) is 0 Å². The number of carbonyl (C=O) groups is 4. The monoisotopic (exact) mass is 348 g/mol. The Morgan fingerprint density at radius 1 is 1.44 bits per heavy atom. The summed E-state index contributed by atoms with van der Waals surface area (Å²) in [6.45, 7) is 0.419. The molecular weight excluding hydrogens is 328 g/mol. The van der Waals surface area contributed by atoms with Crippen molar-refractivity contribution in [3.8, 4) is 0 Å². The van der Waals surface area contributed by atoms with Gasteiger partial charge in [0.05, 0.1) is 12.7 Å². The third-order valence-electron chi connectivity index (χ3n) is 4.50. The molecule has 1 aromatic rings. The number of β-lactam (4-membered cyclic amide) rings is 1. The SMILES string of the molecule is NC(=O)[C@@H]1CCCN1C(=O)[C@H](Cc1cnc[nH]1)NC(=O)[C@@H]1CC(=O)N1. The number of aromatic nitrogens is 2. The van der Waals surface area contributed by atoms with Gasteiger partial charge in [-0.15, -0.1) is 0 Å². The number of primary amides is 1. The summed E-state index contributed by atoms with van der Waals surface area (Å²) in [4.78, 5) is 55.9. The maximum atomic E-state index is 12.9. The van der Waals surface area contributed by atoms with Gasteiger partial charge in [-0.05, 0) is 12.8 Å². The summed E-state index contributed by atoms with van der Waals surface area (Å²) >= 11 is 0. The first-order chi connectivity index (χ1) is 12.0. The highest BCUT2D eigenvalue weighted by Crippen LogP contribution is 2.19. The first-order valence-corrected chi connectivity index (χ1v) is 8.12. The zero-order valence-electron chi connectivity index (χ0n) is 13.5. The van der Waals surface area contributed by atoms with E-state index in [1.807, 2.05) is 0 Å². The number of hydrogen-bond donors (Lipinski definition) is 4. The van der Waals surface area contributed by atoms with Crippen molar-refractivity contribution in [3.63, 3.8) is 0 Å². The van der Waals surface area contributed by atoms with Crippen molar-refractivity contribution in [3.05, 3.63) is 18.2 Å². The second kappa shape index (κ2) is 6.91. The quantitative estimate of drug-likeness (QED) is 0.430. The maximum absolute atomic E-state index is 12.9. The molecule has 2 aliphatic heterocycles. The lowest BCUT2D eigenvalue weighted by Crippen LogP contribution is -2.61. The molecule has 4 amide bonds. The molecule has 10 heteroatoms. The van der Waals surface area contributed by atoms with Gasteiger partial charge in [-0.1, -0.05) is 0 Å². The number of H-pyrrole nitrogens is 1. The summed E-state index contributed by atoms with van der Waals surface area (Å²) in [7, 11) is 0. The lowest BCUT2D eigenvalue weighted by molar-refractivity contribution is -0.142.